The smallest absolute Gasteiger partial charge is 0.269 e. The van der Waals surface area contributed by atoms with Gasteiger partial charge in [0.1, 0.15) is 5.82 Å². The lowest BCUT2D eigenvalue weighted by atomic mass is 10.2. The second kappa shape index (κ2) is 10.7. The van der Waals surface area contributed by atoms with E-state index < -0.39 is 4.92 Å². The number of aromatic nitrogens is 4. The van der Waals surface area contributed by atoms with E-state index in [4.69, 9.17) is 0 Å². The van der Waals surface area contributed by atoms with E-state index in [0.29, 0.717) is 23.8 Å². The number of benzene rings is 1. The molecule has 2 heterocycles. The van der Waals surface area contributed by atoms with Crippen molar-refractivity contribution < 1.29 is 9.72 Å². The van der Waals surface area contributed by atoms with Gasteiger partial charge in [0, 0.05) is 30.8 Å². The summed E-state index contributed by atoms with van der Waals surface area (Å²) in [6, 6.07) is 6.20. The summed E-state index contributed by atoms with van der Waals surface area (Å²) in [4.78, 5) is 31.6. The van der Waals surface area contributed by atoms with Crippen molar-refractivity contribution in [1.82, 2.24) is 25.1 Å². The van der Waals surface area contributed by atoms with Gasteiger partial charge in [0.2, 0.25) is 5.91 Å². The van der Waals surface area contributed by atoms with Crippen LogP contribution in [0.3, 0.4) is 0 Å². The number of hydrogen-bond acceptors (Lipinski definition) is 8. The third-order valence-electron chi connectivity index (χ3n) is 4.33. The summed E-state index contributed by atoms with van der Waals surface area (Å²) >= 11 is 1.56. The van der Waals surface area contributed by atoms with Crippen LogP contribution in [-0.4, -0.2) is 48.9 Å². The standard InChI is InChI=1S/C21H25N7O3S/c1-4-32-21-25-19(24-14(2)3)17-13-23-27(20(17)26-21)12-11-22-18(29)10-7-15-5-8-16(9-6-15)28(30)31/h5-10,13-14H,4,11-12H2,1-3H3,(H,22,29)(H,24,25,26)/b10-7-. The van der Waals surface area contributed by atoms with Gasteiger partial charge in [-0.15, -0.1) is 0 Å². The third-order valence-corrected chi connectivity index (χ3v) is 5.06. The van der Waals surface area contributed by atoms with Crippen LogP contribution < -0.4 is 10.6 Å². The molecule has 1 amide bonds. The van der Waals surface area contributed by atoms with Gasteiger partial charge >= 0.3 is 0 Å². The summed E-state index contributed by atoms with van der Waals surface area (Å²) < 4.78 is 1.75. The monoisotopic (exact) mass is 455 g/mol. The van der Waals surface area contributed by atoms with Crippen LogP contribution >= 0.6 is 11.8 Å². The van der Waals surface area contributed by atoms with Crippen LogP contribution in [0.1, 0.15) is 26.3 Å². The molecule has 2 aromatic heterocycles. The van der Waals surface area contributed by atoms with E-state index in [1.165, 1.54) is 18.2 Å². The molecule has 0 radical (unpaired) electrons. The lowest BCUT2D eigenvalue weighted by Gasteiger charge is -2.11. The number of nitrogens with zero attached hydrogens (tertiary/aromatic N) is 5. The first-order valence-corrected chi connectivity index (χ1v) is 11.2. The van der Waals surface area contributed by atoms with Crippen LogP contribution in [0.4, 0.5) is 11.5 Å². The summed E-state index contributed by atoms with van der Waals surface area (Å²) in [5, 5.41) is 22.8. The maximum absolute atomic E-state index is 12.1. The van der Waals surface area contributed by atoms with E-state index >= 15 is 0 Å². The van der Waals surface area contributed by atoms with Crippen molar-refractivity contribution in [1.29, 1.82) is 0 Å². The van der Waals surface area contributed by atoms with Crippen molar-refractivity contribution in [3.63, 3.8) is 0 Å². The summed E-state index contributed by atoms with van der Waals surface area (Å²) in [7, 11) is 0. The highest BCUT2D eigenvalue weighted by atomic mass is 32.2. The molecule has 1 aromatic carbocycles. The third kappa shape index (κ3) is 6.03. The summed E-state index contributed by atoms with van der Waals surface area (Å²) in [6.45, 7) is 6.96. The minimum Gasteiger partial charge on any atom is -0.367 e. The number of fused-ring (bicyclic) bond motifs is 1. The van der Waals surface area contributed by atoms with Crippen LogP contribution in [0.2, 0.25) is 0 Å². The molecule has 0 aliphatic heterocycles. The van der Waals surface area contributed by atoms with Gasteiger partial charge in [-0.05, 0) is 43.4 Å². The molecular formula is C21H25N7O3S. The minimum atomic E-state index is -0.462. The zero-order valence-corrected chi connectivity index (χ0v) is 18.9. The van der Waals surface area contributed by atoms with Gasteiger partial charge in [0.25, 0.3) is 5.69 Å². The molecule has 0 spiro atoms. The number of thioether (sulfide) groups is 1. The summed E-state index contributed by atoms with van der Waals surface area (Å²) in [6.07, 6.45) is 4.73. The van der Waals surface area contributed by atoms with Crippen LogP contribution in [0, 0.1) is 10.1 Å². The molecule has 168 valence electrons. The normalized spacial score (nSPS) is 11.4. The summed E-state index contributed by atoms with van der Waals surface area (Å²) in [5.41, 5.74) is 1.43. The van der Waals surface area contributed by atoms with Crippen LogP contribution in [-0.2, 0) is 11.3 Å². The molecule has 2 N–H and O–H groups in total. The Kier molecular flexibility index (Phi) is 7.77. The van der Waals surface area contributed by atoms with Gasteiger partial charge in [0.05, 0.1) is 23.1 Å². The molecule has 0 bridgehead atoms. The number of amides is 1. The van der Waals surface area contributed by atoms with Crippen LogP contribution in [0.25, 0.3) is 17.1 Å². The Morgan fingerprint density at radius 2 is 2.03 bits per heavy atom. The minimum absolute atomic E-state index is 0.00843. The van der Waals surface area contributed by atoms with Gasteiger partial charge in [-0.25, -0.2) is 14.6 Å². The van der Waals surface area contributed by atoms with Crippen molar-refractivity contribution in [2.45, 2.75) is 38.5 Å². The van der Waals surface area contributed by atoms with E-state index in [1.54, 1.807) is 40.8 Å². The number of nitro groups is 1. The number of nitrogens with one attached hydrogen (secondary N) is 2. The quantitative estimate of drug-likeness (QED) is 0.156. The fraction of sp³-hybridized carbons (Fsp3) is 0.333. The summed E-state index contributed by atoms with van der Waals surface area (Å²) in [5.74, 6) is 1.35. The first-order chi connectivity index (χ1) is 15.4. The molecule has 3 aromatic rings. The number of anilines is 1. The van der Waals surface area contributed by atoms with Crippen molar-refractivity contribution in [2.24, 2.45) is 0 Å². The number of hydrogen-bond donors (Lipinski definition) is 2. The van der Waals surface area contributed by atoms with Gasteiger partial charge in [-0.2, -0.15) is 5.10 Å². The Bertz CT molecular complexity index is 1130. The molecule has 0 aliphatic rings. The number of nitro benzene ring substituents is 1. The van der Waals surface area contributed by atoms with E-state index in [2.05, 4.69) is 25.7 Å². The first kappa shape index (κ1) is 23.2. The van der Waals surface area contributed by atoms with E-state index in [1.807, 2.05) is 20.8 Å². The molecule has 0 saturated heterocycles. The highest BCUT2D eigenvalue weighted by molar-refractivity contribution is 7.99. The number of rotatable bonds is 10. The second-order valence-electron chi connectivity index (χ2n) is 7.16. The molecule has 11 heteroatoms. The zero-order chi connectivity index (χ0) is 23.1. The molecule has 0 fully saturated rings. The largest absolute Gasteiger partial charge is 0.367 e. The molecule has 0 unspecified atom stereocenters. The molecule has 0 atom stereocenters. The van der Waals surface area contributed by atoms with E-state index in [9.17, 15) is 14.9 Å². The van der Waals surface area contributed by atoms with Gasteiger partial charge in [-0.1, -0.05) is 18.7 Å². The fourth-order valence-corrected chi connectivity index (χ4v) is 3.46. The lowest BCUT2D eigenvalue weighted by molar-refractivity contribution is -0.384. The van der Waals surface area contributed by atoms with Crippen LogP contribution in [0.5, 0.6) is 0 Å². The number of carbonyl (C=O) groups excluding carboxylic acids is 1. The van der Waals surface area contributed by atoms with E-state index in [0.717, 1.165) is 22.6 Å². The molecule has 3 rings (SSSR count). The average Bonchev–Trinajstić information content (AvgIpc) is 3.15. The molecule has 10 nitrogen and oxygen atoms in total. The average molecular weight is 456 g/mol. The Morgan fingerprint density at radius 3 is 2.69 bits per heavy atom. The topological polar surface area (TPSA) is 128 Å². The zero-order valence-electron chi connectivity index (χ0n) is 18.1. The highest BCUT2D eigenvalue weighted by Gasteiger charge is 2.14. The highest BCUT2D eigenvalue weighted by Crippen LogP contribution is 2.24. The molecular weight excluding hydrogens is 430 g/mol. The van der Waals surface area contributed by atoms with Crippen molar-refractivity contribution >= 4 is 46.3 Å². The Morgan fingerprint density at radius 1 is 1.28 bits per heavy atom. The van der Waals surface area contributed by atoms with Crippen molar-refractivity contribution in [3.05, 3.63) is 52.2 Å². The predicted molar refractivity (Wildman–Crippen MR) is 126 cm³/mol. The first-order valence-electron chi connectivity index (χ1n) is 10.2. The number of carbonyl (C=O) groups is 1. The molecule has 0 aliphatic carbocycles. The Labute approximate surface area is 189 Å². The SMILES string of the molecule is CCSc1nc(NC(C)C)c2cnn(CCNC(=O)/C=C\c3ccc([N+](=O)[O-])cc3)c2n1. The lowest BCUT2D eigenvalue weighted by Crippen LogP contribution is -2.25. The van der Waals surface area contributed by atoms with Gasteiger partial charge in [-0.3, -0.25) is 14.9 Å². The Hall–Kier alpha value is -3.47. The van der Waals surface area contributed by atoms with E-state index in [-0.39, 0.29) is 17.6 Å². The van der Waals surface area contributed by atoms with Crippen molar-refractivity contribution in [2.75, 3.05) is 17.6 Å². The maximum atomic E-state index is 12.1. The van der Waals surface area contributed by atoms with Crippen molar-refractivity contribution in [3.8, 4) is 0 Å². The predicted octanol–water partition coefficient (Wildman–Crippen LogP) is 3.50. The van der Waals surface area contributed by atoms with Gasteiger partial charge in [0.15, 0.2) is 10.8 Å². The number of non-ortho nitro benzene ring substituents is 1. The second-order valence-corrected chi connectivity index (χ2v) is 8.40. The molecule has 32 heavy (non-hydrogen) atoms. The molecule has 0 saturated carbocycles. The Balaban J connectivity index is 1.63. The fourth-order valence-electron chi connectivity index (χ4n) is 2.90. The van der Waals surface area contributed by atoms with Crippen LogP contribution in [0.15, 0.2) is 41.7 Å². The maximum Gasteiger partial charge on any atom is 0.269 e. The van der Waals surface area contributed by atoms with Gasteiger partial charge < -0.3 is 10.6 Å².